The Balaban J connectivity index is 2.03. The molecule has 0 bridgehead atoms. The number of fused-ring (bicyclic) bond motifs is 1. The van der Waals surface area contributed by atoms with Crippen LogP contribution >= 0.6 is 15.9 Å². The van der Waals surface area contributed by atoms with Crippen molar-refractivity contribution in [3.8, 4) is 0 Å². The molecule has 1 N–H and O–H groups in total. The Hall–Kier alpha value is -1.10. The molecular formula is C16H20BrNO2. The molecule has 4 heteroatoms. The van der Waals surface area contributed by atoms with Gasteiger partial charge in [0.2, 0.25) is 0 Å². The summed E-state index contributed by atoms with van der Waals surface area (Å²) in [4.78, 5) is 0. The molecule has 0 aliphatic heterocycles. The van der Waals surface area contributed by atoms with Gasteiger partial charge in [0.25, 0.3) is 0 Å². The van der Waals surface area contributed by atoms with Crippen molar-refractivity contribution in [1.29, 1.82) is 0 Å². The second-order valence-electron chi connectivity index (χ2n) is 4.43. The zero-order valence-electron chi connectivity index (χ0n) is 11.9. The molecule has 0 aliphatic rings. The van der Waals surface area contributed by atoms with E-state index < -0.39 is 0 Å². The van der Waals surface area contributed by atoms with Crippen LogP contribution in [0, 0.1) is 0 Å². The summed E-state index contributed by atoms with van der Waals surface area (Å²) >= 11 is 3.49. The van der Waals surface area contributed by atoms with Gasteiger partial charge < -0.3 is 14.8 Å². The third kappa shape index (κ3) is 4.20. The van der Waals surface area contributed by atoms with Gasteiger partial charge in [-0.25, -0.2) is 0 Å². The molecule has 108 valence electrons. The van der Waals surface area contributed by atoms with E-state index in [0.717, 1.165) is 10.2 Å². The Morgan fingerprint density at radius 3 is 2.35 bits per heavy atom. The molecule has 0 atom stereocenters. The van der Waals surface area contributed by atoms with E-state index in [9.17, 15) is 0 Å². The Morgan fingerprint density at radius 1 is 1.00 bits per heavy atom. The molecule has 0 aromatic heterocycles. The van der Waals surface area contributed by atoms with Crippen molar-refractivity contribution in [2.24, 2.45) is 0 Å². The highest BCUT2D eigenvalue weighted by Gasteiger charge is 2.07. The number of benzene rings is 2. The molecule has 0 aliphatic carbocycles. The number of nitrogens with one attached hydrogen (secondary N) is 1. The normalized spacial score (nSPS) is 11.2. The number of hydrogen-bond acceptors (Lipinski definition) is 3. The van der Waals surface area contributed by atoms with Crippen molar-refractivity contribution in [2.45, 2.75) is 20.1 Å². The first-order valence-electron chi connectivity index (χ1n) is 6.89. The number of ether oxygens (including phenoxy) is 2. The maximum absolute atomic E-state index is 5.52. The Labute approximate surface area is 128 Å². The van der Waals surface area contributed by atoms with E-state index in [1.54, 1.807) is 0 Å². The lowest BCUT2D eigenvalue weighted by Gasteiger charge is -2.18. The lowest BCUT2D eigenvalue weighted by atomic mass is 10.1. The van der Waals surface area contributed by atoms with E-state index >= 15 is 0 Å². The third-order valence-electron chi connectivity index (χ3n) is 2.98. The molecule has 0 fully saturated rings. The fourth-order valence-corrected chi connectivity index (χ4v) is 2.44. The fraction of sp³-hybridized carbons (Fsp3) is 0.375. The summed E-state index contributed by atoms with van der Waals surface area (Å²) in [5.41, 5.74) is 1.07. The van der Waals surface area contributed by atoms with Gasteiger partial charge in [0.05, 0.1) is 6.54 Å². The van der Waals surface area contributed by atoms with Crippen LogP contribution in [0.5, 0.6) is 0 Å². The minimum atomic E-state index is -0.203. The van der Waals surface area contributed by atoms with E-state index in [1.807, 2.05) is 13.8 Å². The zero-order chi connectivity index (χ0) is 14.4. The standard InChI is InChI=1S/C16H20BrNO2/c1-3-19-16(20-4-2)11-18-15-8-6-12-9-14(17)7-5-13(12)10-15/h5-10,16,18H,3-4,11H2,1-2H3. The van der Waals surface area contributed by atoms with Crippen LogP contribution in [0.1, 0.15) is 13.8 Å². The molecule has 0 heterocycles. The van der Waals surface area contributed by atoms with E-state index in [-0.39, 0.29) is 6.29 Å². The molecule has 2 rings (SSSR count). The van der Waals surface area contributed by atoms with Gasteiger partial charge >= 0.3 is 0 Å². The molecule has 20 heavy (non-hydrogen) atoms. The van der Waals surface area contributed by atoms with Crippen molar-refractivity contribution in [3.63, 3.8) is 0 Å². The molecule has 2 aromatic rings. The molecule has 0 amide bonds. The summed E-state index contributed by atoms with van der Waals surface area (Å²) in [5.74, 6) is 0. The summed E-state index contributed by atoms with van der Waals surface area (Å²) in [5, 5.41) is 5.79. The first-order valence-corrected chi connectivity index (χ1v) is 7.68. The van der Waals surface area contributed by atoms with Gasteiger partial charge in [-0.2, -0.15) is 0 Å². The monoisotopic (exact) mass is 337 g/mol. The second-order valence-corrected chi connectivity index (χ2v) is 5.34. The van der Waals surface area contributed by atoms with Crippen molar-refractivity contribution < 1.29 is 9.47 Å². The molecule has 0 unspecified atom stereocenters. The topological polar surface area (TPSA) is 30.5 Å². The van der Waals surface area contributed by atoms with Crippen LogP contribution in [0.15, 0.2) is 40.9 Å². The quantitative estimate of drug-likeness (QED) is 0.759. The molecule has 3 nitrogen and oxygen atoms in total. The van der Waals surface area contributed by atoms with Crippen LogP contribution in [0.25, 0.3) is 10.8 Å². The summed E-state index contributed by atoms with van der Waals surface area (Å²) < 4.78 is 12.1. The second kappa shape index (κ2) is 7.62. The largest absolute Gasteiger partial charge is 0.380 e. The predicted octanol–water partition coefficient (Wildman–Crippen LogP) is 4.41. The number of anilines is 1. The fourth-order valence-electron chi connectivity index (χ4n) is 2.07. The zero-order valence-corrected chi connectivity index (χ0v) is 13.4. The van der Waals surface area contributed by atoms with E-state index in [0.29, 0.717) is 19.8 Å². The van der Waals surface area contributed by atoms with Crippen LogP contribution in [0.4, 0.5) is 5.69 Å². The van der Waals surface area contributed by atoms with Crippen LogP contribution in [0.3, 0.4) is 0 Å². The highest BCUT2D eigenvalue weighted by Crippen LogP contribution is 2.23. The molecule has 0 radical (unpaired) electrons. The predicted molar refractivity (Wildman–Crippen MR) is 87.2 cm³/mol. The Morgan fingerprint density at radius 2 is 1.65 bits per heavy atom. The molecular weight excluding hydrogens is 318 g/mol. The van der Waals surface area contributed by atoms with E-state index in [4.69, 9.17) is 9.47 Å². The van der Waals surface area contributed by atoms with Gasteiger partial charge in [-0.1, -0.05) is 28.1 Å². The van der Waals surface area contributed by atoms with Gasteiger partial charge in [-0.3, -0.25) is 0 Å². The smallest absolute Gasteiger partial charge is 0.174 e. The average Bonchev–Trinajstić information content (AvgIpc) is 2.45. The van der Waals surface area contributed by atoms with E-state index in [1.165, 1.54) is 10.8 Å². The lowest BCUT2D eigenvalue weighted by molar-refractivity contribution is -0.126. The first-order chi connectivity index (χ1) is 9.72. The van der Waals surface area contributed by atoms with Crippen LogP contribution in [0.2, 0.25) is 0 Å². The molecule has 0 saturated heterocycles. The number of halogens is 1. The molecule has 2 aromatic carbocycles. The van der Waals surface area contributed by atoms with Gasteiger partial charge in [0.1, 0.15) is 0 Å². The maximum Gasteiger partial charge on any atom is 0.174 e. The van der Waals surface area contributed by atoms with Crippen molar-refractivity contribution in [3.05, 3.63) is 40.9 Å². The summed E-state index contributed by atoms with van der Waals surface area (Å²) in [6, 6.07) is 12.6. The van der Waals surface area contributed by atoms with Crippen LogP contribution in [-0.2, 0) is 9.47 Å². The summed E-state index contributed by atoms with van der Waals surface area (Å²) in [7, 11) is 0. The summed E-state index contributed by atoms with van der Waals surface area (Å²) in [6.07, 6.45) is -0.203. The summed E-state index contributed by atoms with van der Waals surface area (Å²) in [6.45, 7) is 5.89. The lowest BCUT2D eigenvalue weighted by Crippen LogP contribution is -2.26. The number of hydrogen-bond donors (Lipinski definition) is 1. The Kier molecular flexibility index (Phi) is 5.83. The van der Waals surface area contributed by atoms with Gasteiger partial charge in [0.15, 0.2) is 6.29 Å². The molecule has 0 saturated carbocycles. The van der Waals surface area contributed by atoms with Gasteiger partial charge in [-0.15, -0.1) is 0 Å². The minimum Gasteiger partial charge on any atom is -0.380 e. The number of rotatable bonds is 7. The van der Waals surface area contributed by atoms with Crippen LogP contribution in [-0.4, -0.2) is 26.0 Å². The minimum absolute atomic E-state index is 0.203. The first kappa shape index (κ1) is 15.3. The highest BCUT2D eigenvalue weighted by molar-refractivity contribution is 9.10. The van der Waals surface area contributed by atoms with Crippen molar-refractivity contribution >= 4 is 32.4 Å². The Bertz CT molecular complexity index is 553. The van der Waals surface area contributed by atoms with Gasteiger partial charge in [-0.05, 0) is 48.9 Å². The maximum atomic E-state index is 5.52. The van der Waals surface area contributed by atoms with Crippen molar-refractivity contribution in [2.75, 3.05) is 25.1 Å². The average molecular weight is 338 g/mol. The highest BCUT2D eigenvalue weighted by atomic mass is 79.9. The SMILES string of the molecule is CCOC(CNc1ccc2cc(Br)ccc2c1)OCC. The van der Waals surface area contributed by atoms with Gasteiger partial charge in [0, 0.05) is 23.4 Å². The molecule has 0 spiro atoms. The van der Waals surface area contributed by atoms with E-state index in [2.05, 4.69) is 57.6 Å². The third-order valence-corrected chi connectivity index (χ3v) is 3.47. The van der Waals surface area contributed by atoms with Crippen molar-refractivity contribution in [1.82, 2.24) is 0 Å². The van der Waals surface area contributed by atoms with Crippen LogP contribution < -0.4 is 5.32 Å².